The van der Waals surface area contributed by atoms with E-state index in [1.807, 2.05) is 20.8 Å². The summed E-state index contributed by atoms with van der Waals surface area (Å²) in [6.07, 6.45) is 1.64. The van der Waals surface area contributed by atoms with E-state index in [1.165, 1.54) is 7.11 Å². The van der Waals surface area contributed by atoms with Gasteiger partial charge < -0.3 is 9.47 Å². The molecule has 0 atom stereocenters. The summed E-state index contributed by atoms with van der Waals surface area (Å²) in [6, 6.07) is 8.52. The Morgan fingerprint density at radius 3 is 2.48 bits per heavy atom. The third-order valence-electron chi connectivity index (χ3n) is 3.10. The number of hydrogen-bond donors (Lipinski definition) is 1. The second-order valence-corrected chi connectivity index (χ2v) is 4.47. The second kappa shape index (κ2) is 7.40. The minimum atomic E-state index is -0.376. The van der Waals surface area contributed by atoms with Gasteiger partial charge in [-0.1, -0.05) is 13.8 Å². The van der Waals surface area contributed by atoms with Crippen LogP contribution in [-0.4, -0.2) is 28.3 Å². The molecule has 0 fully saturated rings. The van der Waals surface area contributed by atoms with Crippen molar-refractivity contribution in [2.24, 2.45) is 0 Å². The van der Waals surface area contributed by atoms with Gasteiger partial charge in [0.15, 0.2) is 5.65 Å². The predicted molar refractivity (Wildman–Crippen MR) is 87.8 cm³/mol. The summed E-state index contributed by atoms with van der Waals surface area (Å²) in [4.78, 5) is 15.6. The van der Waals surface area contributed by atoms with E-state index in [4.69, 9.17) is 4.74 Å². The molecule has 1 N–H and O–H groups in total. The van der Waals surface area contributed by atoms with Gasteiger partial charge in [-0.05, 0) is 37.3 Å². The Labute approximate surface area is 134 Å². The number of methoxy groups -OCH3 is 1. The number of carbonyl (C=O) groups excluding carboxylic acids is 1. The number of ether oxygens (including phenoxy) is 2. The van der Waals surface area contributed by atoms with Crippen molar-refractivity contribution >= 4 is 17.0 Å². The summed E-state index contributed by atoms with van der Waals surface area (Å²) in [7, 11) is 1.35. The van der Waals surface area contributed by atoms with Crippen LogP contribution in [0.4, 0.5) is 0 Å². The first-order chi connectivity index (χ1) is 11.2. The molecule has 0 bridgehead atoms. The van der Waals surface area contributed by atoms with Gasteiger partial charge in [-0.2, -0.15) is 5.10 Å². The van der Waals surface area contributed by atoms with Crippen LogP contribution in [-0.2, 0) is 4.74 Å². The van der Waals surface area contributed by atoms with Crippen molar-refractivity contribution in [2.45, 2.75) is 20.8 Å². The van der Waals surface area contributed by atoms with Crippen LogP contribution in [0.3, 0.4) is 0 Å². The maximum Gasteiger partial charge on any atom is 0.337 e. The summed E-state index contributed by atoms with van der Waals surface area (Å²) in [6.45, 7) is 5.91. The van der Waals surface area contributed by atoms with Crippen molar-refractivity contribution in [1.82, 2.24) is 15.2 Å². The first-order valence-electron chi connectivity index (χ1n) is 7.35. The maximum absolute atomic E-state index is 11.4. The largest absolute Gasteiger partial charge is 0.465 e. The topological polar surface area (TPSA) is 77.1 Å². The van der Waals surface area contributed by atoms with Crippen molar-refractivity contribution < 1.29 is 14.3 Å². The minimum absolute atomic E-state index is 0.376. The van der Waals surface area contributed by atoms with Crippen molar-refractivity contribution in [2.75, 3.05) is 7.11 Å². The van der Waals surface area contributed by atoms with Gasteiger partial charge in [-0.25, -0.2) is 9.78 Å². The van der Waals surface area contributed by atoms with E-state index in [0.29, 0.717) is 22.7 Å². The Morgan fingerprint density at radius 2 is 1.83 bits per heavy atom. The summed E-state index contributed by atoms with van der Waals surface area (Å²) in [5.74, 6) is 0.909. The highest BCUT2D eigenvalue weighted by atomic mass is 16.5. The van der Waals surface area contributed by atoms with Crippen molar-refractivity contribution in [3.63, 3.8) is 0 Å². The quantitative estimate of drug-likeness (QED) is 0.743. The molecule has 2 aromatic heterocycles. The molecule has 1 aromatic carbocycles. The third kappa shape index (κ3) is 3.48. The Balaban J connectivity index is 0.000000924. The second-order valence-electron chi connectivity index (χ2n) is 4.47. The number of esters is 1. The standard InChI is InChI=1S/C15H13N3O3.C2H6/c1-9-13-12(7-8-16-14(13)18-17-9)21-11-5-3-10(4-6-11)15(19)20-2;1-2/h3-8H,1-2H3,(H,16,17,18);1-2H3. The zero-order chi connectivity index (χ0) is 16.8. The van der Waals surface area contributed by atoms with E-state index in [2.05, 4.69) is 19.9 Å². The molecule has 0 saturated carbocycles. The molecule has 0 aliphatic heterocycles. The van der Waals surface area contributed by atoms with Crippen molar-refractivity contribution in [3.8, 4) is 11.5 Å². The molecular formula is C17H19N3O3. The van der Waals surface area contributed by atoms with E-state index in [-0.39, 0.29) is 5.97 Å². The van der Waals surface area contributed by atoms with Gasteiger partial charge in [-0.3, -0.25) is 5.10 Å². The smallest absolute Gasteiger partial charge is 0.337 e. The van der Waals surface area contributed by atoms with Gasteiger partial charge in [0.2, 0.25) is 0 Å². The van der Waals surface area contributed by atoms with Crippen LogP contribution in [0.5, 0.6) is 11.5 Å². The monoisotopic (exact) mass is 313 g/mol. The number of aromatic amines is 1. The molecular weight excluding hydrogens is 294 g/mol. The summed E-state index contributed by atoms with van der Waals surface area (Å²) >= 11 is 0. The van der Waals surface area contributed by atoms with Crippen LogP contribution in [0.2, 0.25) is 0 Å². The lowest BCUT2D eigenvalue weighted by atomic mass is 10.2. The van der Waals surface area contributed by atoms with Crippen molar-refractivity contribution in [1.29, 1.82) is 0 Å². The van der Waals surface area contributed by atoms with Gasteiger partial charge in [0.25, 0.3) is 0 Å². The molecule has 0 amide bonds. The molecule has 0 aliphatic carbocycles. The summed E-state index contributed by atoms with van der Waals surface area (Å²) < 4.78 is 10.5. The Kier molecular flexibility index (Phi) is 5.30. The van der Waals surface area contributed by atoms with Crippen LogP contribution < -0.4 is 4.74 Å². The fourth-order valence-electron chi connectivity index (χ4n) is 2.05. The number of benzene rings is 1. The highest BCUT2D eigenvalue weighted by Gasteiger charge is 2.11. The average Bonchev–Trinajstić information content (AvgIpc) is 2.99. The zero-order valence-corrected chi connectivity index (χ0v) is 13.6. The Bertz CT molecular complexity index is 794. The molecule has 0 spiro atoms. The highest BCUT2D eigenvalue weighted by Crippen LogP contribution is 2.29. The van der Waals surface area contributed by atoms with Crippen LogP contribution in [0.15, 0.2) is 36.5 Å². The number of carbonyl (C=O) groups is 1. The number of pyridine rings is 1. The molecule has 2 heterocycles. The fraction of sp³-hybridized carbons (Fsp3) is 0.235. The lowest BCUT2D eigenvalue weighted by molar-refractivity contribution is 0.0600. The van der Waals surface area contributed by atoms with Gasteiger partial charge in [0.05, 0.1) is 18.1 Å². The Hall–Kier alpha value is -2.89. The summed E-state index contributed by atoms with van der Waals surface area (Å²) in [5, 5.41) is 7.81. The number of H-pyrrole nitrogens is 1. The number of fused-ring (bicyclic) bond motifs is 1. The minimum Gasteiger partial charge on any atom is -0.465 e. The number of hydrogen-bond acceptors (Lipinski definition) is 5. The molecule has 23 heavy (non-hydrogen) atoms. The van der Waals surface area contributed by atoms with Crippen LogP contribution in [0.1, 0.15) is 29.9 Å². The van der Waals surface area contributed by atoms with Crippen LogP contribution in [0, 0.1) is 6.92 Å². The summed E-state index contributed by atoms with van der Waals surface area (Å²) in [5.41, 5.74) is 1.97. The van der Waals surface area contributed by atoms with Gasteiger partial charge >= 0.3 is 5.97 Å². The van der Waals surface area contributed by atoms with Crippen molar-refractivity contribution in [3.05, 3.63) is 47.8 Å². The van der Waals surface area contributed by atoms with Crippen LogP contribution in [0.25, 0.3) is 11.0 Å². The van der Waals surface area contributed by atoms with Gasteiger partial charge in [-0.15, -0.1) is 0 Å². The SMILES string of the molecule is CC.COC(=O)c1ccc(Oc2ccnc3n[nH]c(C)c23)cc1. The van der Waals surface area contributed by atoms with E-state index in [9.17, 15) is 4.79 Å². The van der Waals surface area contributed by atoms with E-state index in [1.54, 1.807) is 36.5 Å². The first kappa shape index (κ1) is 16.5. The lowest BCUT2D eigenvalue weighted by Gasteiger charge is -2.07. The average molecular weight is 313 g/mol. The number of rotatable bonds is 3. The third-order valence-corrected chi connectivity index (χ3v) is 3.10. The van der Waals surface area contributed by atoms with Gasteiger partial charge in [0.1, 0.15) is 11.5 Å². The number of aryl methyl sites for hydroxylation is 1. The number of nitrogens with zero attached hydrogens (tertiary/aromatic N) is 2. The van der Waals surface area contributed by atoms with Gasteiger partial charge in [0, 0.05) is 11.9 Å². The molecule has 6 nitrogen and oxygen atoms in total. The molecule has 0 unspecified atom stereocenters. The fourth-order valence-corrected chi connectivity index (χ4v) is 2.05. The zero-order valence-electron chi connectivity index (χ0n) is 13.6. The molecule has 120 valence electrons. The molecule has 0 radical (unpaired) electrons. The Morgan fingerprint density at radius 1 is 1.13 bits per heavy atom. The maximum atomic E-state index is 11.4. The first-order valence-corrected chi connectivity index (χ1v) is 7.35. The number of nitrogens with one attached hydrogen (secondary N) is 1. The normalized spacial score (nSPS) is 9.91. The van der Waals surface area contributed by atoms with E-state index >= 15 is 0 Å². The molecule has 0 saturated heterocycles. The molecule has 0 aliphatic rings. The molecule has 3 rings (SSSR count). The predicted octanol–water partition coefficient (Wildman–Crippen LogP) is 3.87. The van der Waals surface area contributed by atoms with E-state index < -0.39 is 0 Å². The number of aromatic nitrogens is 3. The molecule has 3 aromatic rings. The van der Waals surface area contributed by atoms with Crippen LogP contribution >= 0.6 is 0 Å². The lowest BCUT2D eigenvalue weighted by Crippen LogP contribution is -2.00. The van der Waals surface area contributed by atoms with E-state index in [0.717, 1.165) is 11.1 Å². The highest BCUT2D eigenvalue weighted by molar-refractivity contribution is 5.89. The molecule has 6 heteroatoms.